The predicted molar refractivity (Wildman–Crippen MR) is 200 cm³/mol. The summed E-state index contributed by atoms with van der Waals surface area (Å²) in [7, 11) is 0. The summed E-state index contributed by atoms with van der Waals surface area (Å²) in [5.41, 5.74) is 6.50. The van der Waals surface area contributed by atoms with Crippen LogP contribution in [0.5, 0.6) is 0 Å². The fraction of sp³-hybridized carbons (Fsp3) is 0.475. The molecule has 5 atom stereocenters. The lowest BCUT2D eigenvalue weighted by Crippen LogP contribution is -2.41. The van der Waals surface area contributed by atoms with Gasteiger partial charge in [0.05, 0.1) is 51.1 Å². The molecule has 3 aliphatic heterocycles. The minimum Gasteiger partial charge on any atom is -0.337 e. The van der Waals surface area contributed by atoms with Crippen molar-refractivity contribution in [1.29, 1.82) is 5.26 Å². The monoisotopic (exact) mass is 738 g/mol. The second-order valence-electron chi connectivity index (χ2n) is 15.6. The number of hydrogen-bond donors (Lipinski definition) is 1. The summed E-state index contributed by atoms with van der Waals surface area (Å²) in [6, 6.07) is 11.9. The molecule has 12 heteroatoms. The van der Waals surface area contributed by atoms with Crippen LogP contribution >= 0.6 is 23.2 Å². The molecule has 0 spiro atoms. The average molecular weight is 740 g/mol. The lowest BCUT2D eigenvalue weighted by atomic mass is 9.79. The Morgan fingerprint density at radius 1 is 1.13 bits per heavy atom. The summed E-state index contributed by atoms with van der Waals surface area (Å²) in [6.45, 7) is 9.76. The molecule has 10 rings (SSSR count). The van der Waals surface area contributed by atoms with Crippen LogP contribution in [0.25, 0.3) is 32.9 Å². The highest BCUT2D eigenvalue weighted by molar-refractivity contribution is 6.43. The number of aryl methyl sites for hydroxylation is 3. The summed E-state index contributed by atoms with van der Waals surface area (Å²) in [5.74, 6) is 0.445. The molecule has 2 aliphatic carbocycles. The molecule has 5 fully saturated rings. The van der Waals surface area contributed by atoms with Gasteiger partial charge in [-0.3, -0.25) is 4.79 Å². The number of carbonyl (C=O) groups excluding carboxylic acids is 1. The number of amides is 1. The maximum Gasteiger partial charge on any atom is 0.226 e. The van der Waals surface area contributed by atoms with Gasteiger partial charge in [-0.15, -0.1) is 5.10 Å². The van der Waals surface area contributed by atoms with Crippen molar-refractivity contribution in [3.63, 3.8) is 0 Å². The van der Waals surface area contributed by atoms with Crippen molar-refractivity contribution in [3.05, 3.63) is 74.5 Å². The number of nitrogens with zero attached hydrogens (tertiary/aromatic N) is 7. The fourth-order valence-electron chi connectivity index (χ4n) is 9.51. The van der Waals surface area contributed by atoms with E-state index in [4.69, 9.17) is 28.2 Å². The summed E-state index contributed by atoms with van der Waals surface area (Å²) in [5, 5.41) is 24.7. The number of rotatable bonds is 8. The minimum absolute atomic E-state index is 0.0232. The Balaban J connectivity index is 1.29. The first kappa shape index (κ1) is 33.8. The molecule has 6 heterocycles. The number of fused-ring (bicyclic) bond motifs is 4. The van der Waals surface area contributed by atoms with Crippen LogP contribution in [-0.4, -0.2) is 54.5 Å². The van der Waals surface area contributed by atoms with Crippen LogP contribution in [0.15, 0.2) is 30.3 Å². The topological polar surface area (TPSA) is 105 Å². The molecule has 3 aromatic heterocycles. The molecule has 5 aliphatic rings. The molecule has 2 aromatic carbocycles. The van der Waals surface area contributed by atoms with E-state index < -0.39 is 5.82 Å². The Morgan fingerprint density at radius 2 is 1.94 bits per heavy atom. The second kappa shape index (κ2) is 12.5. The first-order valence-corrected chi connectivity index (χ1v) is 19.3. The van der Waals surface area contributed by atoms with E-state index in [2.05, 4.69) is 55.8 Å². The van der Waals surface area contributed by atoms with Gasteiger partial charge in [0.15, 0.2) is 5.82 Å². The van der Waals surface area contributed by atoms with Gasteiger partial charge in [0.2, 0.25) is 5.91 Å². The quantitative estimate of drug-likeness (QED) is 0.171. The summed E-state index contributed by atoms with van der Waals surface area (Å²) in [6.07, 6.45) is 4.18. The molecule has 2 saturated carbocycles. The average Bonchev–Trinajstić information content (AvgIpc) is 3.54. The number of halogens is 3. The molecule has 0 unspecified atom stereocenters. The van der Waals surface area contributed by atoms with Crippen LogP contribution in [0.2, 0.25) is 10.0 Å². The van der Waals surface area contributed by atoms with Gasteiger partial charge in [-0.1, -0.05) is 54.4 Å². The van der Waals surface area contributed by atoms with Crippen molar-refractivity contribution in [2.45, 2.75) is 96.3 Å². The van der Waals surface area contributed by atoms with Crippen LogP contribution in [0.4, 0.5) is 4.39 Å². The smallest absolute Gasteiger partial charge is 0.226 e. The van der Waals surface area contributed by atoms with Crippen molar-refractivity contribution in [3.8, 4) is 17.2 Å². The first-order valence-electron chi connectivity index (χ1n) is 18.5. The third kappa shape index (κ3) is 5.10. The maximum atomic E-state index is 17.2. The fourth-order valence-corrected chi connectivity index (χ4v) is 9.91. The SMILES string of the molecule is Cc1nnn([C@H]2C[C@H](c3cc4c(C)nc5c(F)c(-c6cccc(Cl)c6Cl)c(CCC#N)cc5c4n3[C@H]3[C@H]4CN[C@@H]3C4)N(C(=O)C3CC3)C2)c1C(C)C. The van der Waals surface area contributed by atoms with Crippen molar-refractivity contribution in [1.82, 2.24) is 34.8 Å². The summed E-state index contributed by atoms with van der Waals surface area (Å²) in [4.78, 5) is 21.2. The van der Waals surface area contributed by atoms with E-state index in [9.17, 15) is 10.1 Å². The van der Waals surface area contributed by atoms with Crippen LogP contribution in [0, 0.1) is 42.8 Å². The Morgan fingerprint density at radius 3 is 2.63 bits per heavy atom. The number of carbonyl (C=O) groups is 1. The van der Waals surface area contributed by atoms with Crippen LogP contribution < -0.4 is 5.32 Å². The molecule has 52 heavy (non-hydrogen) atoms. The summed E-state index contributed by atoms with van der Waals surface area (Å²) >= 11 is 13.1. The Labute approximate surface area is 312 Å². The molecule has 1 N–H and O–H groups in total. The number of aromatic nitrogens is 5. The first-order chi connectivity index (χ1) is 25.1. The number of nitrogens with one attached hydrogen (secondary N) is 1. The molecule has 3 saturated heterocycles. The van der Waals surface area contributed by atoms with E-state index in [1.165, 1.54) is 0 Å². The van der Waals surface area contributed by atoms with Gasteiger partial charge in [-0.25, -0.2) is 14.1 Å². The van der Waals surface area contributed by atoms with Gasteiger partial charge in [0, 0.05) is 64.8 Å². The van der Waals surface area contributed by atoms with Crippen molar-refractivity contribution in [2.24, 2.45) is 11.8 Å². The van der Waals surface area contributed by atoms with Crippen LogP contribution in [-0.2, 0) is 11.2 Å². The maximum absolute atomic E-state index is 17.2. The van der Waals surface area contributed by atoms with E-state index in [0.29, 0.717) is 52.4 Å². The molecular weight excluding hydrogens is 698 g/mol. The van der Waals surface area contributed by atoms with Gasteiger partial charge < -0.3 is 14.8 Å². The van der Waals surface area contributed by atoms with Crippen molar-refractivity contribution in [2.75, 3.05) is 13.1 Å². The Kier molecular flexibility index (Phi) is 8.14. The Bertz CT molecular complexity index is 2320. The summed E-state index contributed by atoms with van der Waals surface area (Å²) < 4.78 is 21.7. The zero-order valence-corrected chi connectivity index (χ0v) is 31.3. The number of nitriles is 1. The van der Waals surface area contributed by atoms with Crippen LogP contribution in [0.3, 0.4) is 0 Å². The van der Waals surface area contributed by atoms with Crippen molar-refractivity contribution < 1.29 is 9.18 Å². The zero-order valence-electron chi connectivity index (χ0n) is 29.8. The lowest BCUT2D eigenvalue weighted by Gasteiger charge is -2.39. The Hall–Kier alpha value is -4.04. The number of benzene rings is 2. The van der Waals surface area contributed by atoms with Gasteiger partial charge in [0.1, 0.15) is 5.52 Å². The lowest BCUT2D eigenvalue weighted by molar-refractivity contribution is -0.133. The molecular formula is C40H41Cl2FN8O. The van der Waals surface area contributed by atoms with Crippen LogP contribution in [0.1, 0.15) is 98.3 Å². The van der Waals surface area contributed by atoms with Gasteiger partial charge in [-0.2, -0.15) is 5.26 Å². The second-order valence-corrected chi connectivity index (χ2v) is 16.4. The standard InChI is InChI=1S/C40H41Cl2FN8O/c1-19(2)37-21(4)47-48-51(37)25-15-31(49(18-25)40(52)22-10-11-22)32-16-27-20(3)46-36-28(39(27)50(32)38-24-14-30(38)45-17-24)13-23(7-6-12-44)33(35(36)43)26-8-5-9-29(41)34(26)42/h5,8-9,13,16,19,22,24-25,30-31,38,45H,6-7,10-11,14-15,17-18H2,1-4H3/t24-,25+,30-,31-,38+/m1/s1. The highest BCUT2D eigenvalue weighted by Gasteiger charge is 2.51. The molecule has 0 radical (unpaired) electrons. The van der Waals surface area contributed by atoms with Gasteiger partial charge in [-0.05, 0) is 81.5 Å². The minimum atomic E-state index is -0.474. The third-order valence-electron chi connectivity index (χ3n) is 12.1. The molecule has 1 amide bonds. The van der Waals surface area contributed by atoms with Gasteiger partial charge >= 0.3 is 0 Å². The highest BCUT2D eigenvalue weighted by Crippen LogP contribution is 2.52. The zero-order chi connectivity index (χ0) is 36.2. The number of likely N-dealkylation sites (tertiary alicyclic amines) is 1. The van der Waals surface area contributed by atoms with E-state index in [1.807, 2.05) is 19.9 Å². The van der Waals surface area contributed by atoms with Gasteiger partial charge in [0.25, 0.3) is 0 Å². The normalized spacial score (nSPS) is 24.0. The van der Waals surface area contributed by atoms with E-state index in [1.54, 1.807) is 18.2 Å². The molecule has 268 valence electrons. The third-order valence-corrected chi connectivity index (χ3v) is 12.9. The van der Waals surface area contributed by atoms with E-state index >= 15 is 4.39 Å². The highest BCUT2D eigenvalue weighted by atomic mass is 35.5. The largest absolute Gasteiger partial charge is 0.337 e. The number of pyridine rings is 1. The van der Waals surface area contributed by atoms with E-state index in [0.717, 1.165) is 59.5 Å². The molecule has 5 aromatic rings. The molecule has 9 nitrogen and oxygen atoms in total. The number of hydrogen-bond acceptors (Lipinski definition) is 6. The molecule has 2 bridgehead atoms. The predicted octanol–water partition coefficient (Wildman–Crippen LogP) is 8.55. The van der Waals surface area contributed by atoms with Crippen molar-refractivity contribution >= 4 is 50.9 Å². The van der Waals surface area contributed by atoms with E-state index in [-0.39, 0.29) is 58.9 Å².